The summed E-state index contributed by atoms with van der Waals surface area (Å²) < 4.78 is 5.30. The summed E-state index contributed by atoms with van der Waals surface area (Å²) in [5, 5.41) is 3.08. The molecule has 1 saturated heterocycles. The Kier molecular flexibility index (Phi) is 5.22. The minimum atomic E-state index is -0.149. The largest absolute Gasteiger partial charge is 0.379 e. The van der Waals surface area contributed by atoms with Crippen LogP contribution in [0.15, 0.2) is 0 Å². The number of carbonyl (C=O) groups is 1. The molecule has 1 rings (SSSR count). The van der Waals surface area contributed by atoms with E-state index < -0.39 is 0 Å². The molecule has 1 aliphatic rings. The van der Waals surface area contributed by atoms with Gasteiger partial charge in [0.2, 0.25) is 5.91 Å². The number of ether oxygens (including phenoxy) is 1. The van der Waals surface area contributed by atoms with E-state index >= 15 is 0 Å². The Morgan fingerprint density at radius 3 is 2.56 bits per heavy atom. The third-order valence-corrected chi connectivity index (χ3v) is 2.68. The third kappa shape index (κ3) is 4.94. The van der Waals surface area contributed by atoms with Crippen molar-refractivity contribution in [3.8, 4) is 0 Å². The summed E-state index contributed by atoms with van der Waals surface area (Å²) >= 11 is 0. The van der Waals surface area contributed by atoms with Crippen LogP contribution in [0.25, 0.3) is 0 Å². The number of amides is 1. The standard InChI is InChI=1S/C12H24N2O2/c1-4-5-11(15)13-12(2,3)10-14-6-8-16-9-7-14/h4-10H2,1-3H3,(H,13,15). The van der Waals surface area contributed by atoms with Gasteiger partial charge in [0.25, 0.3) is 0 Å². The van der Waals surface area contributed by atoms with Gasteiger partial charge in [0, 0.05) is 31.6 Å². The fourth-order valence-electron chi connectivity index (χ4n) is 2.02. The van der Waals surface area contributed by atoms with Crippen LogP contribution in [0.2, 0.25) is 0 Å². The second-order valence-corrected chi connectivity index (χ2v) is 5.07. The minimum Gasteiger partial charge on any atom is -0.379 e. The highest BCUT2D eigenvalue weighted by Crippen LogP contribution is 2.08. The summed E-state index contributed by atoms with van der Waals surface area (Å²) in [5.74, 6) is 0.153. The van der Waals surface area contributed by atoms with Crippen LogP contribution >= 0.6 is 0 Å². The smallest absolute Gasteiger partial charge is 0.220 e. The zero-order chi connectivity index (χ0) is 12.0. The molecule has 4 heteroatoms. The van der Waals surface area contributed by atoms with Crippen molar-refractivity contribution in [2.24, 2.45) is 0 Å². The Labute approximate surface area is 98.3 Å². The molecule has 0 unspecified atom stereocenters. The predicted molar refractivity (Wildman–Crippen MR) is 64.4 cm³/mol. The number of carbonyl (C=O) groups excluding carboxylic acids is 1. The molecule has 0 bridgehead atoms. The van der Waals surface area contributed by atoms with Crippen molar-refractivity contribution in [2.45, 2.75) is 39.2 Å². The molecule has 0 aromatic heterocycles. The second kappa shape index (κ2) is 6.21. The van der Waals surface area contributed by atoms with Crippen LogP contribution in [0.5, 0.6) is 0 Å². The van der Waals surface area contributed by atoms with Gasteiger partial charge in [-0.3, -0.25) is 9.69 Å². The molecular formula is C12H24N2O2. The summed E-state index contributed by atoms with van der Waals surface area (Å²) in [5.41, 5.74) is -0.149. The van der Waals surface area contributed by atoms with Crippen LogP contribution < -0.4 is 5.32 Å². The number of hydrogen-bond acceptors (Lipinski definition) is 3. The van der Waals surface area contributed by atoms with Gasteiger partial charge >= 0.3 is 0 Å². The third-order valence-electron chi connectivity index (χ3n) is 2.68. The first kappa shape index (κ1) is 13.5. The van der Waals surface area contributed by atoms with E-state index in [4.69, 9.17) is 4.74 Å². The molecule has 16 heavy (non-hydrogen) atoms. The van der Waals surface area contributed by atoms with E-state index in [-0.39, 0.29) is 11.4 Å². The van der Waals surface area contributed by atoms with Crippen molar-refractivity contribution in [1.29, 1.82) is 0 Å². The number of nitrogens with zero attached hydrogens (tertiary/aromatic N) is 1. The first-order valence-corrected chi connectivity index (χ1v) is 6.14. The van der Waals surface area contributed by atoms with E-state index in [0.29, 0.717) is 6.42 Å². The van der Waals surface area contributed by atoms with Gasteiger partial charge in [0.1, 0.15) is 0 Å². The minimum absolute atomic E-state index is 0.149. The van der Waals surface area contributed by atoms with Crippen LogP contribution in [0.1, 0.15) is 33.6 Å². The predicted octanol–water partition coefficient (Wildman–Crippen LogP) is 1.01. The maximum atomic E-state index is 11.5. The zero-order valence-electron chi connectivity index (χ0n) is 10.7. The first-order chi connectivity index (χ1) is 7.53. The van der Waals surface area contributed by atoms with E-state index in [0.717, 1.165) is 39.3 Å². The lowest BCUT2D eigenvalue weighted by Crippen LogP contribution is -2.53. The average Bonchev–Trinajstić information content (AvgIpc) is 2.17. The molecule has 1 amide bonds. The molecule has 4 nitrogen and oxygen atoms in total. The lowest BCUT2D eigenvalue weighted by molar-refractivity contribution is -0.123. The van der Waals surface area contributed by atoms with Crippen molar-refractivity contribution in [2.75, 3.05) is 32.8 Å². The Morgan fingerprint density at radius 2 is 2.00 bits per heavy atom. The van der Waals surface area contributed by atoms with Gasteiger partial charge < -0.3 is 10.1 Å². The van der Waals surface area contributed by atoms with E-state index in [1.165, 1.54) is 0 Å². The molecule has 0 aromatic rings. The van der Waals surface area contributed by atoms with Gasteiger partial charge in [-0.05, 0) is 20.3 Å². The van der Waals surface area contributed by atoms with Gasteiger partial charge in [-0.15, -0.1) is 0 Å². The highest BCUT2D eigenvalue weighted by Gasteiger charge is 2.24. The molecule has 0 aliphatic carbocycles. The van der Waals surface area contributed by atoms with Crippen LogP contribution in [0, 0.1) is 0 Å². The molecule has 0 saturated carbocycles. The van der Waals surface area contributed by atoms with E-state index in [9.17, 15) is 4.79 Å². The summed E-state index contributed by atoms with van der Waals surface area (Å²) in [4.78, 5) is 13.9. The van der Waals surface area contributed by atoms with Crippen molar-refractivity contribution in [1.82, 2.24) is 10.2 Å². The quantitative estimate of drug-likeness (QED) is 0.763. The molecule has 0 aromatic carbocycles. The molecule has 1 N–H and O–H groups in total. The fourth-order valence-corrected chi connectivity index (χ4v) is 2.02. The van der Waals surface area contributed by atoms with Gasteiger partial charge in [-0.1, -0.05) is 6.92 Å². The zero-order valence-corrected chi connectivity index (χ0v) is 10.7. The van der Waals surface area contributed by atoms with Gasteiger partial charge in [0.05, 0.1) is 13.2 Å². The monoisotopic (exact) mass is 228 g/mol. The molecule has 94 valence electrons. The van der Waals surface area contributed by atoms with Crippen molar-refractivity contribution >= 4 is 5.91 Å². The van der Waals surface area contributed by atoms with Gasteiger partial charge in [-0.2, -0.15) is 0 Å². The van der Waals surface area contributed by atoms with Crippen molar-refractivity contribution in [3.05, 3.63) is 0 Å². The van der Waals surface area contributed by atoms with Crippen LogP contribution in [0.4, 0.5) is 0 Å². The van der Waals surface area contributed by atoms with Gasteiger partial charge in [0.15, 0.2) is 0 Å². The molecule has 0 atom stereocenters. The van der Waals surface area contributed by atoms with Crippen LogP contribution in [-0.2, 0) is 9.53 Å². The Morgan fingerprint density at radius 1 is 1.38 bits per heavy atom. The normalized spacial score (nSPS) is 18.4. The lowest BCUT2D eigenvalue weighted by atomic mass is 10.0. The Balaban J connectivity index is 2.34. The van der Waals surface area contributed by atoms with Crippen LogP contribution in [-0.4, -0.2) is 49.2 Å². The molecule has 0 spiro atoms. The second-order valence-electron chi connectivity index (χ2n) is 5.07. The van der Waals surface area contributed by atoms with E-state index in [1.807, 2.05) is 6.92 Å². The first-order valence-electron chi connectivity index (χ1n) is 6.14. The highest BCUT2D eigenvalue weighted by atomic mass is 16.5. The molecule has 0 radical (unpaired) electrons. The topological polar surface area (TPSA) is 41.6 Å². The maximum absolute atomic E-state index is 11.5. The fraction of sp³-hybridized carbons (Fsp3) is 0.917. The summed E-state index contributed by atoms with van der Waals surface area (Å²) in [6.45, 7) is 10.6. The Bertz CT molecular complexity index is 223. The van der Waals surface area contributed by atoms with Crippen molar-refractivity contribution < 1.29 is 9.53 Å². The molecule has 1 heterocycles. The number of hydrogen-bond donors (Lipinski definition) is 1. The summed E-state index contributed by atoms with van der Waals surface area (Å²) in [6.07, 6.45) is 1.52. The van der Waals surface area contributed by atoms with Gasteiger partial charge in [-0.25, -0.2) is 0 Å². The SMILES string of the molecule is CCCC(=O)NC(C)(C)CN1CCOCC1. The maximum Gasteiger partial charge on any atom is 0.220 e. The highest BCUT2D eigenvalue weighted by molar-refractivity contribution is 5.76. The van der Waals surface area contributed by atoms with Crippen molar-refractivity contribution in [3.63, 3.8) is 0 Å². The van der Waals surface area contributed by atoms with E-state index in [2.05, 4.69) is 24.1 Å². The average molecular weight is 228 g/mol. The number of nitrogens with one attached hydrogen (secondary N) is 1. The number of rotatable bonds is 5. The molecule has 1 fully saturated rings. The summed E-state index contributed by atoms with van der Waals surface area (Å²) in [6, 6.07) is 0. The lowest BCUT2D eigenvalue weighted by Gasteiger charge is -2.35. The molecule has 1 aliphatic heterocycles. The summed E-state index contributed by atoms with van der Waals surface area (Å²) in [7, 11) is 0. The molecular weight excluding hydrogens is 204 g/mol. The number of morpholine rings is 1. The Hall–Kier alpha value is -0.610. The van der Waals surface area contributed by atoms with Crippen LogP contribution in [0.3, 0.4) is 0 Å². The van der Waals surface area contributed by atoms with E-state index in [1.54, 1.807) is 0 Å².